The molecule has 0 saturated heterocycles. The van der Waals surface area contributed by atoms with E-state index in [0.717, 1.165) is 0 Å². The number of ether oxygens (including phenoxy) is 2. The van der Waals surface area contributed by atoms with Gasteiger partial charge in [-0.1, -0.05) is 11.6 Å². The minimum Gasteiger partial charge on any atom is -0.493 e. The van der Waals surface area contributed by atoms with Gasteiger partial charge < -0.3 is 24.3 Å². The molecule has 0 aliphatic carbocycles. The minimum absolute atomic E-state index is 0.102. The van der Waals surface area contributed by atoms with Crippen LogP contribution in [0.4, 0.5) is 5.69 Å². The smallest absolute Gasteiger partial charge is 0.338 e. The van der Waals surface area contributed by atoms with Crippen LogP contribution in [0.15, 0.2) is 28.9 Å². The van der Waals surface area contributed by atoms with Crippen molar-refractivity contribution < 1.29 is 23.8 Å². The molecule has 7 heteroatoms. The summed E-state index contributed by atoms with van der Waals surface area (Å²) in [5.74, 6) is 0.515. The van der Waals surface area contributed by atoms with E-state index in [0.29, 0.717) is 34.5 Å². The standard InChI is InChI=1S/C14H14ClNO5/c1-19-12-4-10(15)11(5-13(12)20-2)16-6-9-3-8(7-21-9)14(17)18/h3-5,7,16H,6H2,1-2H3,(H,17,18). The molecule has 0 saturated carbocycles. The first-order chi connectivity index (χ1) is 10.0. The van der Waals surface area contributed by atoms with E-state index < -0.39 is 5.97 Å². The zero-order valence-electron chi connectivity index (χ0n) is 11.5. The fourth-order valence-corrected chi connectivity index (χ4v) is 1.98. The highest BCUT2D eigenvalue weighted by molar-refractivity contribution is 6.33. The number of anilines is 1. The molecule has 1 aromatic carbocycles. The minimum atomic E-state index is -1.03. The lowest BCUT2D eigenvalue weighted by Gasteiger charge is -2.12. The highest BCUT2D eigenvalue weighted by atomic mass is 35.5. The fourth-order valence-electron chi connectivity index (χ4n) is 1.76. The van der Waals surface area contributed by atoms with Crippen molar-refractivity contribution in [2.24, 2.45) is 0 Å². The van der Waals surface area contributed by atoms with Crippen LogP contribution in [0.5, 0.6) is 11.5 Å². The van der Waals surface area contributed by atoms with E-state index in [1.54, 1.807) is 12.1 Å². The average Bonchev–Trinajstić information content (AvgIpc) is 2.94. The molecular weight excluding hydrogens is 298 g/mol. The normalized spacial score (nSPS) is 10.2. The van der Waals surface area contributed by atoms with Crippen molar-refractivity contribution in [1.82, 2.24) is 0 Å². The Morgan fingerprint density at radius 3 is 2.52 bits per heavy atom. The molecule has 0 fully saturated rings. The summed E-state index contributed by atoms with van der Waals surface area (Å²) in [5.41, 5.74) is 0.729. The lowest BCUT2D eigenvalue weighted by molar-refractivity contribution is 0.0696. The zero-order valence-corrected chi connectivity index (χ0v) is 12.2. The zero-order chi connectivity index (χ0) is 15.4. The molecule has 2 aromatic rings. The summed E-state index contributed by atoms with van der Waals surface area (Å²) >= 11 is 6.14. The number of furan rings is 1. The number of hydrogen-bond acceptors (Lipinski definition) is 5. The maximum Gasteiger partial charge on any atom is 0.338 e. The van der Waals surface area contributed by atoms with Crippen molar-refractivity contribution in [2.45, 2.75) is 6.54 Å². The third-order valence-electron chi connectivity index (χ3n) is 2.83. The van der Waals surface area contributed by atoms with Gasteiger partial charge >= 0.3 is 5.97 Å². The number of hydrogen-bond donors (Lipinski definition) is 2. The van der Waals surface area contributed by atoms with E-state index in [9.17, 15) is 4.79 Å². The molecule has 0 spiro atoms. The van der Waals surface area contributed by atoms with E-state index in [1.807, 2.05) is 0 Å². The van der Waals surface area contributed by atoms with Gasteiger partial charge in [-0.25, -0.2) is 4.79 Å². The van der Waals surface area contributed by atoms with Gasteiger partial charge in [-0.3, -0.25) is 0 Å². The first-order valence-electron chi connectivity index (χ1n) is 6.01. The molecule has 1 aromatic heterocycles. The molecule has 0 radical (unpaired) electrons. The van der Waals surface area contributed by atoms with Crippen LogP contribution >= 0.6 is 11.6 Å². The molecule has 21 heavy (non-hydrogen) atoms. The Labute approximate surface area is 126 Å². The summed E-state index contributed by atoms with van der Waals surface area (Å²) in [4.78, 5) is 10.8. The molecule has 0 bridgehead atoms. The van der Waals surface area contributed by atoms with Crippen molar-refractivity contribution in [3.05, 3.63) is 40.8 Å². The molecule has 6 nitrogen and oxygen atoms in total. The number of nitrogens with one attached hydrogen (secondary N) is 1. The van der Waals surface area contributed by atoms with Crippen molar-refractivity contribution in [2.75, 3.05) is 19.5 Å². The second-order valence-electron chi connectivity index (χ2n) is 4.15. The topological polar surface area (TPSA) is 80.9 Å². The predicted octanol–water partition coefficient (Wildman–Crippen LogP) is 3.26. The van der Waals surface area contributed by atoms with Gasteiger partial charge in [-0.05, 0) is 6.07 Å². The first kappa shape index (κ1) is 15.1. The number of methoxy groups -OCH3 is 2. The number of carboxylic acids is 1. The molecule has 2 rings (SSSR count). The van der Waals surface area contributed by atoms with Gasteiger partial charge in [0, 0.05) is 12.1 Å². The van der Waals surface area contributed by atoms with Crippen LogP contribution < -0.4 is 14.8 Å². The third-order valence-corrected chi connectivity index (χ3v) is 3.14. The average molecular weight is 312 g/mol. The van der Waals surface area contributed by atoms with Gasteiger partial charge in [0.2, 0.25) is 0 Å². The SMILES string of the molecule is COc1cc(Cl)c(NCc2cc(C(=O)O)co2)cc1OC. The molecule has 0 atom stereocenters. The van der Waals surface area contributed by atoms with Gasteiger partial charge in [-0.2, -0.15) is 0 Å². The van der Waals surface area contributed by atoms with Crippen molar-refractivity contribution >= 4 is 23.3 Å². The number of carboxylic acid groups (broad SMARTS) is 1. The van der Waals surface area contributed by atoms with Crippen LogP contribution in [0.3, 0.4) is 0 Å². The lowest BCUT2D eigenvalue weighted by Crippen LogP contribution is -2.00. The summed E-state index contributed by atoms with van der Waals surface area (Å²) in [5, 5.41) is 12.3. The second-order valence-corrected chi connectivity index (χ2v) is 4.55. The Morgan fingerprint density at radius 2 is 1.95 bits per heavy atom. The van der Waals surface area contributed by atoms with E-state index in [2.05, 4.69) is 5.32 Å². The number of benzene rings is 1. The maximum absolute atomic E-state index is 10.8. The summed E-state index contributed by atoms with van der Waals surface area (Å²) in [6.45, 7) is 0.294. The quantitative estimate of drug-likeness (QED) is 0.852. The van der Waals surface area contributed by atoms with E-state index in [4.69, 9.17) is 30.6 Å². The summed E-state index contributed by atoms with van der Waals surface area (Å²) in [7, 11) is 3.05. The molecule has 0 unspecified atom stereocenters. The number of aromatic carboxylic acids is 1. The summed E-state index contributed by atoms with van der Waals surface area (Å²) in [6.07, 6.45) is 1.19. The molecular formula is C14H14ClNO5. The molecule has 2 N–H and O–H groups in total. The number of rotatable bonds is 6. The van der Waals surface area contributed by atoms with Gasteiger partial charge in [0.25, 0.3) is 0 Å². The van der Waals surface area contributed by atoms with Crippen LogP contribution in [0.1, 0.15) is 16.1 Å². The van der Waals surface area contributed by atoms with Crippen LogP contribution in [-0.4, -0.2) is 25.3 Å². The fraction of sp³-hybridized carbons (Fsp3) is 0.214. The van der Waals surface area contributed by atoms with Crippen LogP contribution in [0.25, 0.3) is 0 Å². The lowest BCUT2D eigenvalue weighted by atomic mass is 10.2. The molecule has 0 amide bonds. The first-order valence-corrected chi connectivity index (χ1v) is 6.39. The van der Waals surface area contributed by atoms with E-state index in [-0.39, 0.29) is 5.56 Å². The van der Waals surface area contributed by atoms with E-state index in [1.165, 1.54) is 26.5 Å². The summed E-state index contributed by atoms with van der Waals surface area (Å²) in [6, 6.07) is 4.78. The Morgan fingerprint density at radius 1 is 1.29 bits per heavy atom. The Hall–Kier alpha value is -2.34. The maximum atomic E-state index is 10.8. The van der Waals surface area contributed by atoms with Crippen LogP contribution in [-0.2, 0) is 6.54 Å². The van der Waals surface area contributed by atoms with E-state index >= 15 is 0 Å². The Kier molecular flexibility index (Phi) is 4.59. The van der Waals surface area contributed by atoms with Crippen molar-refractivity contribution in [3.63, 3.8) is 0 Å². The molecule has 112 valence electrons. The van der Waals surface area contributed by atoms with Gasteiger partial charge in [0.15, 0.2) is 11.5 Å². The monoisotopic (exact) mass is 311 g/mol. The predicted molar refractivity (Wildman–Crippen MR) is 77.6 cm³/mol. The Bertz CT molecular complexity index is 653. The highest BCUT2D eigenvalue weighted by Gasteiger charge is 2.11. The molecule has 0 aliphatic heterocycles. The largest absolute Gasteiger partial charge is 0.493 e. The number of carbonyl (C=O) groups is 1. The van der Waals surface area contributed by atoms with Gasteiger partial charge in [-0.15, -0.1) is 0 Å². The van der Waals surface area contributed by atoms with Gasteiger partial charge in [0.05, 0.1) is 37.0 Å². The van der Waals surface area contributed by atoms with Crippen LogP contribution in [0.2, 0.25) is 5.02 Å². The highest BCUT2D eigenvalue weighted by Crippen LogP contribution is 2.36. The summed E-state index contributed by atoms with van der Waals surface area (Å²) < 4.78 is 15.5. The molecule has 0 aliphatic rings. The van der Waals surface area contributed by atoms with Gasteiger partial charge in [0.1, 0.15) is 12.0 Å². The number of halogens is 1. The second kappa shape index (κ2) is 6.41. The van der Waals surface area contributed by atoms with Crippen LogP contribution in [0, 0.1) is 0 Å². The Balaban J connectivity index is 2.13. The van der Waals surface area contributed by atoms with Crippen molar-refractivity contribution in [3.8, 4) is 11.5 Å². The third kappa shape index (κ3) is 3.41. The molecule has 1 heterocycles. The van der Waals surface area contributed by atoms with Crippen molar-refractivity contribution in [1.29, 1.82) is 0 Å².